The quantitative estimate of drug-likeness (QED) is 0.433. The molecule has 2 heterocycles. The maximum atomic E-state index is 14.1. The smallest absolute Gasteiger partial charge is 0.123 e. The average Bonchev–Trinajstić information content (AvgIpc) is 3.18. The second-order valence-electron chi connectivity index (χ2n) is 9.84. The van der Waals surface area contributed by atoms with Crippen molar-refractivity contribution < 1.29 is 9.50 Å². The molecule has 6 rings (SSSR count). The molecule has 1 saturated heterocycles. The van der Waals surface area contributed by atoms with Gasteiger partial charge in [0.1, 0.15) is 11.6 Å². The SMILES string of the molecule is Oc1cccc(C23CCN(CCc4ccccc4)CC2Cc2c([nH]c4ccc(F)cc24)C3)c1. The Labute approximate surface area is 193 Å². The number of nitrogens with one attached hydrogen (secondary N) is 1. The summed E-state index contributed by atoms with van der Waals surface area (Å²) in [5.74, 6) is 0.567. The number of aromatic hydroxyl groups is 1. The topological polar surface area (TPSA) is 39.3 Å². The van der Waals surface area contributed by atoms with Gasteiger partial charge in [-0.25, -0.2) is 4.39 Å². The molecule has 1 aromatic heterocycles. The lowest BCUT2D eigenvalue weighted by atomic mass is 9.58. The van der Waals surface area contributed by atoms with E-state index in [0.29, 0.717) is 11.7 Å². The van der Waals surface area contributed by atoms with Crippen molar-refractivity contribution in [3.05, 3.63) is 101 Å². The summed E-state index contributed by atoms with van der Waals surface area (Å²) in [6, 6.07) is 23.6. The van der Waals surface area contributed by atoms with Crippen molar-refractivity contribution in [1.82, 2.24) is 9.88 Å². The van der Waals surface area contributed by atoms with Crippen molar-refractivity contribution in [2.24, 2.45) is 5.92 Å². The zero-order valence-corrected chi connectivity index (χ0v) is 18.7. The highest BCUT2D eigenvalue weighted by atomic mass is 19.1. The van der Waals surface area contributed by atoms with Gasteiger partial charge in [-0.2, -0.15) is 0 Å². The van der Waals surface area contributed by atoms with Gasteiger partial charge in [0.15, 0.2) is 0 Å². The van der Waals surface area contributed by atoms with Gasteiger partial charge in [-0.1, -0.05) is 42.5 Å². The predicted molar refractivity (Wildman–Crippen MR) is 130 cm³/mol. The monoisotopic (exact) mass is 440 g/mol. The summed E-state index contributed by atoms with van der Waals surface area (Å²) >= 11 is 0. The van der Waals surface area contributed by atoms with Gasteiger partial charge in [0.2, 0.25) is 0 Å². The Morgan fingerprint density at radius 2 is 1.91 bits per heavy atom. The minimum absolute atomic E-state index is 0.0194. The minimum Gasteiger partial charge on any atom is -0.508 e. The molecule has 1 aliphatic heterocycles. The highest BCUT2D eigenvalue weighted by molar-refractivity contribution is 5.85. The third-order valence-corrected chi connectivity index (χ3v) is 8.01. The molecule has 0 saturated carbocycles. The number of halogens is 1. The number of phenols is 1. The van der Waals surface area contributed by atoms with Crippen molar-refractivity contribution in [3.63, 3.8) is 0 Å². The number of fused-ring (bicyclic) bond motifs is 4. The summed E-state index contributed by atoms with van der Waals surface area (Å²) < 4.78 is 14.1. The molecule has 2 unspecified atom stereocenters. The molecule has 1 aliphatic carbocycles. The van der Waals surface area contributed by atoms with E-state index in [4.69, 9.17) is 0 Å². The van der Waals surface area contributed by atoms with Gasteiger partial charge in [0.25, 0.3) is 0 Å². The Morgan fingerprint density at radius 1 is 1.03 bits per heavy atom. The fourth-order valence-electron chi connectivity index (χ4n) is 6.29. The lowest BCUT2D eigenvalue weighted by Crippen LogP contribution is -2.54. The van der Waals surface area contributed by atoms with Crippen LogP contribution in [0.4, 0.5) is 4.39 Å². The molecule has 168 valence electrons. The first-order valence-electron chi connectivity index (χ1n) is 12.0. The number of rotatable bonds is 4. The van der Waals surface area contributed by atoms with Crippen LogP contribution in [0.1, 0.15) is 28.8 Å². The average molecular weight is 441 g/mol. The molecule has 0 bridgehead atoms. The first kappa shape index (κ1) is 20.5. The van der Waals surface area contributed by atoms with E-state index in [1.54, 1.807) is 12.1 Å². The second-order valence-corrected chi connectivity index (χ2v) is 9.84. The molecule has 1 fully saturated rings. The van der Waals surface area contributed by atoms with Gasteiger partial charge in [-0.05, 0) is 85.2 Å². The summed E-state index contributed by atoms with van der Waals surface area (Å²) in [6.07, 6.45) is 3.94. The molecular formula is C29H29FN2O. The minimum atomic E-state index is -0.178. The van der Waals surface area contributed by atoms with Gasteiger partial charge in [0.05, 0.1) is 0 Å². The first-order valence-corrected chi connectivity index (χ1v) is 12.0. The van der Waals surface area contributed by atoms with E-state index in [-0.39, 0.29) is 11.2 Å². The summed E-state index contributed by atoms with van der Waals surface area (Å²) in [5.41, 5.74) is 6.11. The molecule has 2 atom stereocenters. The molecule has 0 amide bonds. The van der Waals surface area contributed by atoms with Crippen LogP contribution in [-0.2, 0) is 24.7 Å². The largest absolute Gasteiger partial charge is 0.508 e. The van der Waals surface area contributed by atoms with Crippen molar-refractivity contribution >= 4 is 10.9 Å². The maximum absolute atomic E-state index is 14.1. The van der Waals surface area contributed by atoms with Gasteiger partial charge in [0, 0.05) is 35.1 Å². The molecule has 2 N–H and O–H groups in total. The van der Waals surface area contributed by atoms with E-state index >= 15 is 0 Å². The lowest BCUT2D eigenvalue weighted by Gasteiger charge is -2.51. The third-order valence-electron chi connectivity index (χ3n) is 8.01. The standard InChI is InChI=1S/C29H29FN2O/c30-23-9-10-27-26(17-23)25-16-22-19-32(13-11-20-5-2-1-3-6-20)14-12-29(22,18-28(25)31-27)21-7-4-8-24(33)15-21/h1-10,15,17,22,31,33H,11-14,16,18-19H2. The molecule has 4 heteroatoms. The van der Waals surface area contributed by atoms with Crippen LogP contribution in [0.15, 0.2) is 72.8 Å². The number of benzene rings is 3. The van der Waals surface area contributed by atoms with E-state index < -0.39 is 0 Å². The molecule has 0 radical (unpaired) electrons. The zero-order chi connectivity index (χ0) is 22.4. The predicted octanol–water partition coefficient (Wildman–Crippen LogP) is 5.61. The van der Waals surface area contributed by atoms with Crippen LogP contribution in [-0.4, -0.2) is 34.6 Å². The number of aromatic nitrogens is 1. The Hall–Kier alpha value is -3.11. The molecule has 2 aliphatic rings. The first-order chi connectivity index (χ1) is 16.1. The summed E-state index contributed by atoms with van der Waals surface area (Å²) in [7, 11) is 0. The fraction of sp³-hybridized carbons (Fsp3) is 0.310. The molecule has 33 heavy (non-hydrogen) atoms. The normalized spacial score (nSPS) is 22.8. The number of hydrogen-bond acceptors (Lipinski definition) is 2. The van der Waals surface area contributed by atoms with E-state index in [2.05, 4.69) is 46.3 Å². The van der Waals surface area contributed by atoms with Crippen molar-refractivity contribution in [2.45, 2.75) is 31.1 Å². The summed E-state index contributed by atoms with van der Waals surface area (Å²) in [5, 5.41) is 11.3. The number of nitrogens with zero attached hydrogens (tertiary/aromatic N) is 1. The van der Waals surface area contributed by atoms with Gasteiger partial charge in [-0.3, -0.25) is 0 Å². The second kappa shape index (κ2) is 8.03. The van der Waals surface area contributed by atoms with Crippen LogP contribution in [0.3, 0.4) is 0 Å². The number of H-pyrrole nitrogens is 1. The Balaban J connectivity index is 1.35. The Morgan fingerprint density at radius 3 is 2.76 bits per heavy atom. The van der Waals surface area contributed by atoms with Crippen molar-refractivity contribution in [3.8, 4) is 5.75 Å². The molecule has 3 nitrogen and oxygen atoms in total. The Kier molecular flexibility index (Phi) is 4.99. The zero-order valence-electron chi connectivity index (χ0n) is 18.7. The number of likely N-dealkylation sites (tertiary alicyclic amines) is 1. The number of phenolic OH excluding ortho intramolecular Hbond substituents is 1. The molecule has 4 aromatic rings. The van der Waals surface area contributed by atoms with Crippen molar-refractivity contribution in [2.75, 3.05) is 19.6 Å². The number of aromatic amines is 1. The van der Waals surface area contributed by atoms with Gasteiger partial charge >= 0.3 is 0 Å². The van der Waals surface area contributed by atoms with Crippen LogP contribution in [0.2, 0.25) is 0 Å². The lowest BCUT2D eigenvalue weighted by molar-refractivity contribution is 0.0822. The number of hydrogen-bond donors (Lipinski definition) is 2. The van der Waals surface area contributed by atoms with Crippen molar-refractivity contribution in [1.29, 1.82) is 0 Å². The van der Waals surface area contributed by atoms with E-state index in [1.807, 2.05) is 18.2 Å². The molecule has 3 aromatic carbocycles. The van der Waals surface area contributed by atoms with Crippen LogP contribution in [0.25, 0.3) is 10.9 Å². The van der Waals surface area contributed by atoms with E-state index in [9.17, 15) is 9.50 Å². The van der Waals surface area contributed by atoms with Gasteiger partial charge < -0.3 is 15.0 Å². The molecule has 0 spiro atoms. The summed E-state index contributed by atoms with van der Waals surface area (Å²) in [4.78, 5) is 6.20. The Bertz CT molecular complexity index is 1300. The number of piperidine rings is 1. The van der Waals surface area contributed by atoms with E-state index in [0.717, 1.165) is 56.2 Å². The third kappa shape index (κ3) is 3.63. The van der Waals surface area contributed by atoms with Crippen LogP contribution in [0, 0.1) is 11.7 Å². The van der Waals surface area contributed by atoms with Crippen LogP contribution >= 0.6 is 0 Å². The van der Waals surface area contributed by atoms with E-state index in [1.165, 1.54) is 28.5 Å². The summed E-state index contributed by atoms with van der Waals surface area (Å²) in [6.45, 7) is 3.11. The maximum Gasteiger partial charge on any atom is 0.123 e. The molecular weight excluding hydrogens is 411 g/mol. The highest BCUT2D eigenvalue weighted by Crippen LogP contribution is 2.49. The fourth-order valence-corrected chi connectivity index (χ4v) is 6.29. The van der Waals surface area contributed by atoms with Crippen LogP contribution in [0.5, 0.6) is 5.75 Å². The van der Waals surface area contributed by atoms with Gasteiger partial charge in [-0.15, -0.1) is 0 Å². The van der Waals surface area contributed by atoms with Crippen LogP contribution < -0.4 is 0 Å². The highest BCUT2D eigenvalue weighted by Gasteiger charge is 2.48.